The molecule has 1 aromatic heterocycles. The number of benzene rings is 2. The van der Waals surface area contributed by atoms with Gasteiger partial charge in [-0.15, -0.1) is 0 Å². The van der Waals surface area contributed by atoms with E-state index < -0.39 is 8.32 Å². The van der Waals surface area contributed by atoms with E-state index in [2.05, 4.69) is 64.1 Å². The van der Waals surface area contributed by atoms with Gasteiger partial charge in [0.1, 0.15) is 18.1 Å². The Kier molecular flexibility index (Phi) is 7.61. The van der Waals surface area contributed by atoms with E-state index in [-0.39, 0.29) is 10.6 Å². The monoisotopic (exact) mass is 526 g/mol. The van der Waals surface area contributed by atoms with Crippen LogP contribution in [0.15, 0.2) is 47.0 Å². The Labute approximate surface area is 221 Å². The number of fused-ring (bicyclic) bond motifs is 1. The second-order valence-electron chi connectivity index (χ2n) is 11.7. The Morgan fingerprint density at radius 3 is 2.64 bits per heavy atom. The second-order valence-corrected chi connectivity index (χ2v) is 16.8. The molecule has 0 aliphatic heterocycles. The first-order valence-corrected chi connectivity index (χ1v) is 16.1. The zero-order chi connectivity index (χ0) is 26.1. The molecule has 1 unspecified atom stereocenters. The van der Waals surface area contributed by atoms with E-state index in [1.165, 1.54) is 16.7 Å². The normalized spacial score (nSPS) is 18.1. The molecule has 3 aromatic rings. The Hall–Kier alpha value is -2.28. The second kappa shape index (κ2) is 10.2. The maximum atomic E-state index is 6.87. The SMILES string of the molecule is CCc1cccc(Cl)c1COc1ccc2c(c1)CCC(N)(Cc1cc(O[Si](C)(C)C(C)(C)C)no1)C2. The van der Waals surface area contributed by atoms with Crippen molar-refractivity contribution in [2.45, 2.75) is 90.1 Å². The predicted octanol–water partition coefficient (Wildman–Crippen LogP) is 7.28. The topological polar surface area (TPSA) is 70.5 Å². The third-order valence-corrected chi connectivity index (χ3v) is 12.5. The zero-order valence-corrected chi connectivity index (χ0v) is 24.2. The van der Waals surface area contributed by atoms with Crippen LogP contribution in [-0.2, 0) is 32.3 Å². The molecule has 0 radical (unpaired) electrons. The number of ether oxygens (including phenoxy) is 1. The van der Waals surface area contributed by atoms with Crippen molar-refractivity contribution >= 4 is 19.9 Å². The van der Waals surface area contributed by atoms with E-state index >= 15 is 0 Å². The summed E-state index contributed by atoms with van der Waals surface area (Å²) >= 11 is 6.43. The van der Waals surface area contributed by atoms with Crippen LogP contribution in [0.2, 0.25) is 23.2 Å². The number of rotatable bonds is 8. The summed E-state index contributed by atoms with van der Waals surface area (Å²) in [5.74, 6) is 2.21. The van der Waals surface area contributed by atoms with Crippen molar-refractivity contribution in [3.05, 3.63) is 75.5 Å². The quantitative estimate of drug-likeness (QED) is 0.312. The minimum Gasteiger partial charge on any atom is -0.529 e. The molecular formula is C29H39ClN2O3Si. The third kappa shape index (κ3) is 5.98. The highest BCUT2D eigenvalue weighted by molar-refractivity contribution is 6.74. The molecule has 2 aromatic carbocycles. The first-order chi connectivity index (χ1) is 16.9. The van der Waals surface area contributed by atoms with E-state index in [0.717, 1.165) is 47.8 Å². The maximum absolute atomic E-state index is 6.87. The van der Waals surface area contributed by atoms with Gasteiger partial charge in [0, 0.05) is 28.6 Å². The van der Waals surface area contributed by atoms with Crippen LogP contribution < -0.4 is 14.9 Å². The predicted molar refractivity (Wildman–Crippen MR) is 149 cm³/mol. The van der Waals surface area contributed by atoms with Crippen molar-refractivity contribution in [1.29, 1.82) is 0 Å². The van der Waals surface area contributed by atoms with Gasteiger partial charge in [-0.2, -0.15) is 0 Å². The largest absolute Gasteiger partial charge is 0.529 e. The Bertz CT molecular complexity index is 1220. The fraction of sp³-hybridized carbons (Fsp3) is 0.483. The number of hydrogen-bond acceptors (Lipinski definition) is 5. The first kappa shape index (κ1) is 26.8. The van der Waals surface area contributed by atoms with Gasteiger partial charge in [0.15, 0.2) is 0 Å². The molecule has 4 rings (SSSR count). The van der Waals surface area contributed by atoms with Gasteiger partial charge in [-0.05, 0) is 83.9 Å². The van der Waals surface area contributed by atoms with Gasteiger partial charge >= 0.3 is 0 Å². The lowest BCUT2D eigenvalue weighted by atomic mass is 9.76. The molecule has 1 heterocycles. The average Bonchev–Trinajstić information content (AvgIpc) is 3.22. The van der Waals surface area contributed by atoms with Crippen LogP contribution in [0.1, 0.15) is 62.1 Å². The van der Waals surface area contributed by atoms with Crippen LogP contribution in [0.4, 0.5) is 0 Å². The summed E-state index contributed by atoms with van der Waals surface area (Å²) in [6, 6.07) is 14.3. The number of halogens is 1. The Morgan fingerprint density at radius 2 is 1.92 bits per heavy atom. The van der Waals surface area contributed by atoms with E-state index in [1.54, 1.807) is 0 Å². The van der Waals surface area contributed by atoms with Crippen LogP contribution in [0.5, 0.6) is 11.6 Å². The molecule has 5 nitrogen and oxygen atoms in total. The summed E-state index contributed by atoms with van der Waals surface area (Å²) in [5.41, 5.74) is 11.3. The maximum Gasteiger partial charge on any atom is 0.252 e. The fourth-order valence-electron chi connectivity index (χ4n) is 4.54. The lowest BCUT2D eigenvalue weighted by Gasteiger charge is -2.35. The molecule has 7 heteroatoms. The summed E-state index contributed by atoms with van der Waals surface area (Å²) in [4.78, 5) is 0. The van der Waals surface area contributed by atoms with Gasteiger partial charge in [-0.25, -0.2) is 0 Å². The molecule has 0 fully saturated rings. The van der Waals surface area contributed by atoms with Crippen molar-refractivity contribution in [1.82, 2.24) is 5.16 Å². The third-order valence-electron chi connectivity index (χ3n) is 7.82. The molecule has 0 saturated heterocycles. The molecule has 1 aliphatic rings. The molecule has 0 amide bonds. The zero-order valence-electron chi connectivity index (χ0n) is 22.4. The van der Waals surface area contributed by atoms with Crippen LogP contribution in [0.3, 0.4) is 0 Å². The molecule has 0 spiro atoms. The number of aromatic nitrogens is 1. The van der Waals surface area contributed by atoms with Gasteiger partial charge in [-0.1, -0.05) is 57.5 Å². The van der Waals surface area contributed by atoms with Gasteiger partial charge in [-0.3, -0.25) is 0 Å². The summed E-state index contributed by atoms with van der Waals surface area (Å²) < 4.78 is 18.1. The summed E-state index contributed by atoms with van der Waals surface area (Å²) in [7, 11) is -1.97. The lowest BCUT2D eigenvalue weighted by molar-refractivity contribution is 0.297. The van der Waals surface area contributed by atoms with Crippen LogP contribution in [-0.4, -0.2) is 19.0 Å². The highest BCUT2D eigenvalue weighted by Gasteiger charge is 2.40. The van der Waals surface area contributed by atoms with Crippen LogP contribution in [0.25, 0.3) is 0 Å². The smallest absolute Gasteiger partial charge is 0.252 e. The molecule has 0 bridgehead atoms. The van der Waals surface area contributed by atoms with E-state index in [1.807, 2.05) is 24.3 Å². The summed E-state index contributed by atoms with van der Waals surface area (Å²) in [6.07, 6.45) is 4.11. The molecule has 194 valence electrons. The molecule has 36 heavy (non-hydrogen) atoms. The molecule has 1 aliphatic carbocycles. The number of hydrogen-bond donors (Lipinski definition) is 1. The van der Waals surface area contributed by atoms with E-state index in [4.69, 9.17) is 31.0 Å². The van der Waals surface area contributed by atoms with Crippen LogP contribution >= 0.6 is 11.6 Å². The molecular weight excluding hydrogens is 488 g/mol. The Morgan fingerprint density at radius 1 is 1.14 bits per heavy atom. The molecule has 0 saturated carbocycles. The van der Waals surface area contributed by atoms with Crippen molar-refractivity contribution in [2.75, 3.05) is 0 Å². The van der Waals surface area contributed by atoms with Crippen molar-refractivity contribution in [3.8, 4) is 11.6 Å². The van der Waals surface area contributed by atoms with Crippen molar-refractivity contribution in [3.63, 3.8) is 0 Å². The van der Waals surface area contributed by atoms with E-state index in [0.29, 0.717) is 18.9 Å². The van der Waals surface area contributed by atoms with Crippen molar-refractivity contribution < 1.29 is 13.7 Å². The van der Waals surface area contributed by atoms with Gasteiger partial charge in [0.25, 0.3) is 8.32 Å². The highest BCUT2D eigenvalue weighted by Crippen LogP contribution is 2.38. The minimum absolute atomic E-state index is 0.0997. The van der Waals surface area contributed by atoms with Crippen LogP contribution in [0, 0.1) is 0 Å². The summed E-state index contributed by atoms with van der Waals surface area (Å²) in [6.45, 7) is 13.7. The standard InChI is InChI=1S/C29H39ClN2O3Si/c1-7-20-9-8-10-26(30)25(20)19-33-23-12-11-22-17-29(31,14-13-21(22)15-23)18-24-16-27(32-34-24)35-36(5,6)28(2,3)4/h8-12,15-16H,7,13-14,17-19,31H2,1-6H3. The first-order valence-electron chi connectivity index (χ1n) is 12.8. The highest BCUT2D eigenvalue weighted by atomic mass is 35.5. The fourth-order valence-corrected chi connectivity index (χ4v) is 5.71. The summed E-state index contributed by atoms with van der Waals surface area (Å²) in [5, 5.41) is 5.04. The van der Waals surface area contributed by atoms with Gasteiger partial charge < -0.3 is 19.4 Å². The molecule has 2 N–H and O–H groups in total. The average molecular weight is 527 g/mol. The van der Waals surface area contributed by atoms with Gasteiger partial charge in [0.2, 0.25) is 5.88 Å². The minimum atomic E-state index is -1.97. The number of nitrogens with two attached hydrogens (primary N) is 1. The number of aryl methyl sites for hydroxylation is 2. The van der Waals surface area contributed by atoms with E-state index in [9.17, 15) is 0 Å². The Balaban J connectivity index is 1.40. The van der Waals surface area contributed by atoms with Gasteiger partial charge in [0.05, 0.1) is 0 Å². The number of nitrogens with zero attached hydrogens (tertiary/aromatic N) is 1. The molecule has 1 atom stereocenters. The van der Waals surface area contributed by atoms with Crippen molar-refractivity contribution in [2.24, 2.45) is 5.73 Å². The lowest BCUT2D eigenvalue weighted by Crippen LogP contribution is -2.47.